The fourth-order valence-electron chi connectivity index (χ4n) is 1.43. The van der Waals surface area contributed by atoms with Crippen molar-refractivity contribution in [2.75, 3.05) is 17.6 Å². The van der Waals surface area contributed by atoms with Crippen LogP contribution in [-0.2, 0) is 6.18 Å². The average Bonchev–Trinajstić information content (AvgIpc) is 2.85. The molecule has 0 spiro atoms. The van der Waals surface area contributed by atoms with Crippen molar-refractivity contribution in [2.24, 2.45) is 0 Å². The lowest BCUT2D eigenvalue weighted by Crippen LogP contribution is -2.12. The van der Waals surface area contributed by atoms with Crippen LogP contribution in [-0.4, -0.2) is 21.0 Å². The lowest BCUT2D eigenvalue weighted by atomic mass is 10.1. The van der Waals surface area contributed by atoms with Crippen molar-refractivity contribution in [1.29, 1.82) is 0 Å². The summed E-state index contributed by atoms with van der Waals surface area (Å²) in [7, 11) is 0. The van der Waals surface area contributed by atoms with Gasteiger partial charge in [0.1, 0.15) is 0 Å². The van der Waals surface area contributed by atoms with Crippen LogP contribution >= 0.6 is 11.5 Å². The second kappa shape index (κ2) is 5.63. The molecule has 1 unspecified atom stereocenters. The number of hydrogen-bond acceptors (Lipinski definition) is 6. The van der Waals surface area contributed by atoms with Crippen LogP contribution in [0, 0.1) is 0 Å². The van der Waals surface area contributed by atoms with E-state index >= 15 is 0 Å². The molecule has 0 saturated heterocycles. The Morgan fingerprint density at radius 3 is 2.50 bits per heavy atom. The molecular formula is C11H11F3N4OS. The summed E-state index contributed by atoms with van der Waals surface area (Å²) in [6.45, 7) is 0.0242. The molecule has 1 atom stereocenters. The zero-order valence-corrected chi connectivity index (χ0v) is 10.9. The van der Waals surface area contributed by atoms with Crippen LogP contribution in [0.15, 0.2) is 24.3 Å². The largest absolute Gasteiger partial charge is 0.452 e. The number of nitrogens with two attached hydrogens (primary N) is 1. The SMILES string of the molecule is Nc1ccc(C(O)CNc2nc(C(F)(F)F)ns2)cc1. The molecular weight excluding hydrogens is 293 g/mol. The number of aliphatic hydroxyl groups is 1. The first-order valence-corrected chi connectivity index (χ1v) is 6.32. The van der Waals surface area contributed by atoms with Gasteiger partial charge in [-0.25, -0.2) is 0 Å². The summed E-state index contributed by atoms with van der Waals surface area (Å²) < 4.78 is 40.1. The molecule has 20 heavy (non-hydrogen) atoms. The van der Waals surface area contributed by atoms with E-state index in [2.05, 4.69) is 14.7 Å². The number of benzene rings is 1. The molecule has 5 nitrogen and oxygen atoms in total. The summed E-state index contributed by atoms with van der Waals surface area (Å²) in [6.07, 6.45) is -5.44. The Morgan fingerprint density at radius 1 is 1.30 bits per heavy atom. The summed E-state index contributed by atoms with van der Waals surface area (Å²) in [6, 6.07) is 6.54. The molecule has 2 aromatic rings. The number of aliphatic hydroxyl groups excluding tert-OH is 1. The van der Waals surface area contributed by atoms with Crippen LogP contribution in [0.25, 0.3) is 0 Å². The molecule has 0 aliphatic heterocycles. The van der Waals surface area contributed by atoms with E-state index in [4.69, 9.17) is 5.73 Å². The van der Waals surface area contributed by atoms with Crippen LogP contribution in [0.1, 0.15) is 17.5 Å². The molecule has 0 aliphatic rings. The van der Waals surface area contributed by atoms with E-state index in [0.29, 0.717) is 22.8 Å². The second-order valence-electron chi connectivity index (χ2n) is 3.98. The van der Waals surface area contributed by atoms with Crippen LogP contribution < -0.4 is 11.1 Å². The molecule has 9 heteroatoms. The van der Waals surface area contributed by atoms with E-state index in [-0.39, 0.29) is 11.7 Å². The topological polar surface area (TPSA) is 84.1 Å². The number of alkyl halides is 3. The number of halogens is 3. The first kappa shape index (κ1) is 14.5. The minimum Gasteiger partial charge on any atom is -0.399 e. The first-order chi connectivity index (χ1) is 9.36. The van der Waals surface area contributed by atoms with Crippen LogP contribution in [0.2, 0.25) is 0 Å². The minimum atomic E-state index is -4.56. The van der Waals surface area contributed by atoms with E-state index in [1.807, 2.05) is 0 Å². The standard InChI is InChI=1S/C11H11F3N4OS/c12-11(13,14)9-17-10(20-18-9)16-5-8(19)6-1-3-7(15)4-2-6/h1-4,8,19H,5,15H2,(H,16,17,18). The normalized spacial score (nSPS) is 13.2. The Kier molecular flexibility index (Phi) is 4.09. The molecule has 2 rings (SSSR count). The number of nitrogen functional groups attached to an aromatic ring is 1. The van der Waals surface area contributed by atoms with Gasteiger partial charge in [-0.3, -0.25) is 0 Å². The van der Waals surface area contributed by atoms with Gasteiger partial charge >= 0.3 is 6.18 Å². The summed E-state index contributed by atoms with van der Waals surface area (Å²) in [4.78, 5) is 3.30. The van der Waals surface area contributed by atoms with Gasteiger partial charge in [-0.05, 0) is 17.7 Å². The molecule has 1 heterocycles. The van der Waals surface area contributed by atoms with Gasteiger partial charge in [0.15, 0.2) is 0 Å². The summed E-state index contributed by atoms with van der Waals surface area (Å²) in [5.41, 5.74) is 6.68. The number of aromatic nitrogens is 2. The van der Waals surface area contributed by atoms with Gasteiger partial charge in [-0.15, -0.1) is 0 Å². The average molecular weight is 304 g/mol. The predicted molar refractivity (Wildman–Crippen MR) is 69.2 cm³/mol. The van der Waals surface area contributed by atoms with Crippen molar-refractivity contribution in [3.63, 3.8) is 0 Å². The van der Waals surface area contributed by atoms with Crippen molar-refractivity contribution in [2.45, 2.75) is 12.3 Å². The lowest BCUT2D eigenvalue weighted by Gasteiger charge is -2.11. The third kappa shape index (κ3) is 3.58. The lowest BCUT2D eigenvalue weighted by molar-refractivity contribution is -0.144. The van der Waals surface area contributed by atoms with Crippen molar-refractivity contribution in [1.82, 2.24) is 9.36 Å². The van der Waals surface area contributed by atoms with Gasteiger partial charge in [-0.2, -0.15) is 22.5 Å². The molecule has 0 bridgehead atoms. The molecule has 0 fully saturated rings. The third-order valence-electron chi connectivity index (χ3n) is 2.45. The maximum atomic E-state index is 12.3. The van der Waals surface area contributed by atoms with Crippen LogP contribution in [0.4, 0.5) is 24.0 Å². The van der Waals surface area contributed by atoms with E-state index in [9.17, 15) is 18.3 Å². The first-order valence-electron chi connectivity index (χ1n) is 5.54. The summed E-state index contributed by atoms with van der Waals surface area (Å²) in [5.74, 6) is -1.19. The summed E-state index contributed by atoms with van der Waals surface area (Å²) in [5, 5.41) is 12.5. The quantitative estimate of drug-likeness (QED) is 0.755. The van der Waals surface area contributed by atoms with Crippen molar-refractivity contribution in [3.05, 3.63) is 35.7 Å². The van der Waals surface area contributed by atoms with Gasteiger partial charge in [0.25, 0.3) is 0 Å². The molecule has 4 N–H and O–H groups in total. The zero-order chi connectivity index (χ0) is 14.8. The minimum absolute atomic E-state index is 0.00631. The number of nitrogens with zero attached hydrogens (tertiary/aromatic N) is 2. The predicted octanol–water partition coefficient (Wildman–Crippen LogP) is 2.28. The van der Waals surface area contributed by atoms with E-state index in [1.165, 1.54) is 0 Å². The Balaban J connectivity index is 1.95. The Hall–Kier alpha value is -1.87. The van der Waals surface area contributed by atoms with Gasteiger partial charge in [-0.1, -0.05) is 12.1 Å². The molecule has 0 saturated carbocycles. The monoisotopic (exact) mass is 304 g/mol. The summed E-state index contributed by atoms with van der Waals surface area (Å²) >= 11 is 0.593. The highest BCUT2D eigenvalue weighted by Crippen LogP contribution is 2.29. The van der Waals surface area contributed by atoms with Crippen molar-refractivity contribution >= 4 is 22.4 Å². The Morgan fingerprint density at radius 2 is 1.95 bits per heavy atom. The van der Waals surface area contributed by atoms with E-state index < -0.39 is 18.1 Å². The molecule has 0 aliphatic carbocycles. The van der Waals surface area contributed by atoms with E-state index in [1.54, 1.807) is 24.3 Å². The van der Waals surface area contributed by atoms with Gasteiger partial charge < -0.3 is 16.2 Å². The fourth-order valence-corrected chi connectivity index (χ4v) is 2.02. The maximum Gasteiger partial charge on any atom is 0.452 e. The van der Waals surface area contributed by atoms with Gasteiger partial charge in [0.05, 0.1) is 6.10 Å². The molecule has 0 amide bonds. The van der Waals surface area contributed by atoms with Crippen molar-refractivity contribution in [3.8, 4) is 0 Å². The van der Waals surface area contributed by atoms with Gasteiger partial charge in [0.2, 0.25) is 11.0 Å². The molecule has 0 radical (unpaired) electrons. The van der Waals surface area contributed by atoms with Crippen LogP contribution in [0.5, 0.6) is 0 Å². The maximum absolute atomic E-state index is 12.3. The highest BCUT2D eigenvalue weighted by Gasteiger charge is 2.36. The van der Waals surface area contributed by atoms with Gasteiger partial charge in [0, 0.05) is 23.8 Å². The number of anilines is 2. The smallest absolute Gasteiger partial charge is 0.399 e. The number of rotatable bonds is 4. The fraction of sp³-hybridized carbons (Fsp3) is 0.273. The zero-order valence-electron chi connectivity index (χ0n) is 10.1. The Labute approximate surface area is 116 Å². The van der Waals surface area contributed by atoms with Crippen LogP contribution in [0.3, 0.4) is 0 Å². The highest BCUT2D eigenvalue weighted by atomic mass is 32.1. The van der Waals surface area contributed by atoms with Crippen molar-refractivity contribution < 1.29 is 18.3 Å². The van der Waals surface area contributed by atoms with E-state index in [0.717, 1.165) is 0 Å². The molecule has 1 aromatic carbocycles. The highest BCUT2D eigenvalue weighted by molar-refractivity contribution is 7.09. The second-order valence-corrected chi connectivity index (χ2v) is 4.74. The number of hydrogen-bond donors (Lipinski definition) is 3. The molecule has 108 valence electrons. The molecule has 1 aromatic heterocycles. The number of nitrogens with one attached hydrogen (secondary N) is 1. The third-order valence-corrected chi connectivity index (χ3v) is 3.12. The Bertz CT molecular complexity index is 570.